The van der Waals surface area contributed by atoms with Gasteiger partial charge in [-0.2, -0.15) is 0 Å². The Morgan fingerprint density at radius 2 is 1.70 bits per heavy atom. The fraction of sp³-hybridized carbons (Fsp3) is 0.526. The van der Waals surface area contributed by atoms with Crippen LogP contribution in [0.1, 0.15) is 47.4 Å². The van der Waals surface area contributed by atoms with E-state index in [0.717, 1.165) is 12.8 Å². The lowest BCUT2D eigenvalue weighted by molar-refractivity contribution is 0.0268. The summed E-state index contributed by atoms with van der Waals surface area (Å²) in [7, 11) is 3.39. The number of carbonyl (C=O) groups excluding carboxylic acids is 2. The number of carbonyl (C=O) groups is 2. The summed E-state index contributed by atoms with van der Waals surface area (Å²) in [6.45, 7) is 5.76. The fourth-order valence-corrected chi connectivity index (χ4v) is 2.63. The number of halogens is 1. The van der Waals surface area contributed by atoms with Gasteiger partial charge in [0.1, 0.15) is 0 Å². The molecule has 0 saturated heterocycles. The molecule has 1 heterocycles. The molecule has 0 bridgehead atoms. The van der Waals surface area contributed by atoms with Crippen molar-refractivity contribution in [3.8, 4) is 0 Å². The number of guanidine groups is 1. The number of unbranched alkanes of at least 4 members (excludes halogenated alkanes) is 1. The summed E-state index contributed by atoms with van der Waals surface area (Å²) in [6, 6.07) is 6.96. The van der Waals surface area contributed by atoms with Gasteiger partial charge in [0.15, 0.2) is 5.96 Å². The third kappa shape index (κ3) is 6.17. The first-order valence-electron chi connectivity index (χ1n) is 8.84. The zero-order valence-corrected chi connectivity index (χ0v) is 18.7. The van der Waals surface area contributed by atoms with Crippen LogP contribution in [0, 0.1) is 0 Å². The largest absolute Gasteiger partial charge is 0.377 e. The summed E-state index contributed by atoms with van der Waals surface area (Å²) in [5.41, 5.74) is 0.727. The van der Waals surface area contributed by atoms with Gasteiger partial charge in [-0.15, -0.1) is 24.0 Å². The highest BCUT2D eigenvalue weighted by atomic mass is 127. The molecule has 1 aliphatic heterocycles. The van der Waals surface area contributed by atoms with Gasteiger partial charge in [0.05, 0.1) is 16.7 Å². The lowest BCUT2D eigenvalue weighted by Crippen LogP contribution is -2.45. The van der Waals surface area contributed by atoms with E-state index in [1.807, 2.05) is 13.8 Å². The molecule has 0 spiro atoms. The number of nitrogens with one attached hydrogen (secondary N) is 2. The highest BCUT2D eigenvalue weighted by Gasteiger charge is 2.34. The van der Waals surface area contributed by atoms with Gasteiger partial charge in [0.25, 0.3) is 11.8 Å². The number of benzene rings is 1. The Labute approximate surface area is 178 Å². The van der Waals surface area contributed by atoms with E-state index in [1.165, 1.54) is 4.90 Å². The smallest absolute Gasteiger partial charge is 0.261 e. The van der Waals surface area contributed by atoms with Crippen LogP contribution in [-0.4, -0.2) is 62.1 Å². The molecule has 1 aliphatic rings. The van der Waals surface area contributed by atoms with Crippen molar-refractivity contribution in [2.24, 2.45) is 4.99 Å². The van der Waals surface area contributed by atoms with Gasteiger partial charge in [-0.25, -0.2) is 0 Å². The SMILES string of the molecule is CN=C(NCCCCN1C(=O)c2ccccc2C1=O)NCC(C)(C)OC.I. The number of methoxy groups -OCH3 is 1. The minimum Gasteiger partial charge on any atom is -0.377 e. The second-order valence-corrected chi connectivity index (χ2v) is 6.83. The third-order valence-electron chi connectivity index (χ3n) is 4.44. The maximum atomic E-state index is 12.3. The maximum Gasteiger partial charge on any atom is 0.261 e. The number of rotatable bonds is 8. The molecule has 0 radical (unpaired) electrons. The molecule has 0 unspecified atom stereocenters. The number of nitrogens with zero attached hydrogens (tertiary/aromatic N) is 2. The second-order valence-electron chi connectivity index (χ2n) is 6.83. The highest BCUT2D eigenvalue weighted by molar-refractivity contribution is 14.0. The Morgan fingerprint density at radius 1 is 1.11 bits per heavy atom. The van der Waals surface area contributed by atoms with E-state index in [4.69, 9.17) is 4.74 Å². The lowest BCUT2D eigenvalue weighted by Gasteiger charge is -2.24. The number of aliphatic imine (C=N–C) groups is 1. The zero-order chi connectivity index (χ0) is 19.2. The van der Waals surface area contributed by atoms with Crippen LogP contribution >= 0.6 is 24.0 Å². The Morgan fingerprint density at radius 3 is 2.22 bits per heavy atom. The molecule has 0 fully saturated rings. The van der Waals surface area contributed by atoms with E-state index in [-0.39, 0.29) is 41.4 Å². The van der Waals surface area contributed by atoms with E-state index in [1.54, 1.807) is 38.4 Å². The maximum absolute atomic E-state index is 12.3. The van der Waals surface area contributed by atoms with Gasteiger partial charge in [0, 0.05) is 33.8 Å². The monoisotopic (exact) mass is 488 g/mol. The first-order chi connectivity index (χ1) is 12.4. The van der Waals surface area contributed by atoms with Crippen molar-refractivity contribution in [1.29, 1.82) is 0 Å². The highest BCUT2D eigenvalue weighted by Crippen LogP contribution is 2.22. The Balaban J connectivity index is 0.00000364. The van der Waals surface area contributed by atoms with Crippen LogP contribution in [0.5, 0.6) is 0 Å². The Kier molecular flexibility index (Phi) is 9.17. The number of hydrogen-bond donors (Lipinski definition) is 2. The van der Waals surface area contributed by atoms with Gasteiger partial charge in [-0.1, -0.05) is 12.1 Å². The average molecular weight is 488 g/mol. The van der Waals surface area contributed by atoms with E-state index < -0.39 is 0 Å². The summed E-state index contributed by atoms with van der Waals surface area (Å²) in [5.74, 6) is 0.312. The molecule has 7 nitrogen and oxygen atoms in total. The van der Waals surface area contributed by atoms with Gasteiger partial charge in [-0.05, 0) is 38.8 Å². The molecule has 2 rings (SSSR count). The summed E-state index contributed by atoms with van der Waals surface area (Å²) in [5, 5.41) is 6.44. The summed E-state index contributed by atoms with van der Waals surface area (Å²) in [4.78, 5) is 30.1. The Hall–Kier alpha value is -1.68. The quantitative estimate of drug-likeness (QED) is 0.193. The van der Waals surface area contributed by atoms with Crippen molar-refractivity contribution in [3.63, 3.8) is 0 Å². The van der Waals surface area contributed by atoms with E-state index in [9.17, 15) is 9.59 Å². The molecular weight excluding hydrogens is 459 g/mol. The van der Waals surface area contributed by atoms with E-state index in [0.29, 0.717) is 36.7 Å². The van der Waals surface area contributed by atoms with Crippen LogP contribution in [-0.2, 0) is 4.74 Å². The minimum atomic E-state index is -0.275. The molecule has 0 saturated carbocycles. The minimum absolute atomic E-state index is 0. The topological polar surface area (TPSA) is 83.0 Å². The van der Waals surface area contributed by atoms with Gasteiger partial charge in [-0.3, -0.25) is 19.5 Å². The molecule has 8 heteroatoms. The van der Waals surface area contributed by atoms with Crippen LogP contribution in [0.15, 0.2) is 29.3 Å². The van der Waals surface area contributed by atoms with Crippen molar-refractivity contribution in [2.75, 3.05) is 33.8 Å². The number of imide groups is 1. The van der Waals surface area contributed by atoms with Gasteiger partial charge < -0.3 is 15.4 Å². The average Bonchev–Trinajstić information content (AvgIpc) is 2.89. The zero-order valence-electron chi connectivity index (χ0n) is 16.4. The number of ether oxygens (including phenoxy) is 1. The van der Waals surface area contributed by atoms with Crippen molar-refractivity contribution >= 4 is 41.8 Å². The third-order valence-corrected chi connectivity index (χ3v) is 4.44. The number of fused-ring (bicyclic) bond motifs is 1. The van der Waals surface area contributed by atoms with Crippen LogP contribution in [0.3, 0.4) is 0 Å². The number of amides is 2. The molecule has 0 aliphatic carbocycles. The van der Waals surface area contributed by atoms with Gasteiger partial charge >= 0.3 is 0 Å². The molecule has 150 valence electrons. The molecule has 1 aromatic rings. The predicted octanol–water partition coefficient (Wildman–Crippen LogP) is 2.27. The van der Waals surface area contributed by atoms with Crippen molar-refractivity contribution in [1.82, 2.24) is 15.5 Å². The number of hydrogen-bond acceptors (Lipinski definition) is 4. The molecule has 2 N–H and O–H groups in total. The van der Waals surface area contributed by atoms with Crippen molar-refractivity contribution < 1.29 is 14.3 Å². The molecule has 27 heavy (non-hydrogen) atoms. The normalized spacial score (nSPS) is 14.1. The molecular formula is C19H29IN4O3. The van der Waals surface area contributed by atoms with E-state index in [2.05, 4.69) is 15.6 Å². The Bertz CT molecular complexity index is 656. The fourth-order valence-electron chi connectivity index (χ4n) is 2.63. The summed E-state index contributed by atoms with van der Waals surface area (Å²) in [6.07, 6.45) is 1.56. The molecule has 0 atom stereocenters. The predicted molar refractivity (Wildman–Crippen MR) is 117 cm³/mol. The second kappa shape index (κ2) is 10.6. The van der Waals surface area contributed by atoms with Gasteiger partial charge in [0.2, 0.25) is 0 Å². The first kappa shape index (κ1) is 23.4. The summed E-state index contributed by atoms with van der Waals surface area (Å²) >= 11 is 0. The van der Waals surface area contributed by atoms with Crippen LogP contribution in [0.2, 0.25) is 0 Å². The standard InChI is InChI=1S/C19H28N4O3.HI/c1-19(2,26-4)13-22-18(20-3)21-11-7-8-12-23-16(24)14-9-5-6-10-15(14)17(23)25;/h5-6,9-10H,7-8,11-13H2,1-4H3,(H2,20,21,22);1H. The molecule has 1 aromatic carbocycles. The molecule has 2 amide bonds. The van der Waals surface area contributed by atoms with Crippen LogP contribution in [0.25, 0.3) is 0 Å². The van der Waals surface area contributed by atoms with Crippen molar-refractivity contribution in [2.45, 2.75) is 32.3 Å². The van der Waals surface area contributed by atoms with Crippen LogP contribution in [0.4, 0.5) is 0 Å². The van der Waals surface area contributed by atoms with Crippen molar-refractivity contribution in [3.05, 3.63) is 35.4 Å². The first-order valence-corrected chi connectivity index (χ1v) is 8.84. The van der Waals surface area contributed by atoms with Crippen LogP contribution < -0.4 is 10.6 Å². The van der Waals surface area contributed by atoms with E-state index >= 15 is 0 Å². The summed E-state index contributed by atoms with van der Waals surface area (Å²) < 4.78 is 5.36. The lowest BCUT2D eigenvalue weighted by atomic mass is 10.1. The molecule has 0 aromatic heterocycles.